The SMILES string of the molecule is Fc1cc(F)cc(COCC2CCCNC2)c1. The molecule has 17 heavy (non-hydrogen) atoms. The van der Waals surface area contributed by atoms with E-state index in [0.29, 0.717) is 18.1 Å². The summed E-state index contributed by atoms with van der Waals surface area (Å²) in [6.45, 7) is 2.96. The predicted octanol–water partition coefficient (Wildman–Crippen LogP) is 2.48. The van der Waals surface area contributed by atoms with Gasteiger partial charge >= 0.3 is 0 Å². The lowest BCUT2D eigenvalue weighted by Crippen LogP contribution is -2.32. The van der Waals surface area contributed by atoms with E-state index in [2.05, 4.69) is 5.32 Å². The Labute approximate surface area is 100.0 Å². The molecule has 0 aliphatic carbocycles. The highest BCUT2D eigenvalue weighted by Gasteiger charge is 2.12. The van der Waals surface area contributed by atoms with Crippen LogP contribution in [0.5, 0.6) is 0 Å². The van der Waals surface area contributed by atoms with Crippen molar-refractivity contribution in [2.75, 3.05) is 19.7 Å². The summed E-state index contributed by atoms with van der Waals surface area (Å²) < 4.78 is 31.3. The maximum atomic E-state index is 12.9. The van der Waals surface area contributed by atoms with Gasteiger partial charge in [-0.1, -0.05) is 0 Å². The van der Waals surface area contributed by atoms with Gasteiger partial charge in [0, 0.05) is 12.6 Å². The maximum absolute atomic E-state index is 12.9. The van der Waals surface area contributed by atoms with Crippen LogP contribution in [0.15, 0.2) is 18.2 Å². The van der Waals surface area contributed by atoms with Crippen LogP contribution in [0.25, 0.3) is 0 Å². The molecule has 0 bridgehead atoms. The van der Waals surface area contributed by atoms with Gasteiger partial charge in [0.2, 0.25) is 0 Å². The van der Waals surface area contributed by atoms with Crippen molar-refractivity contribution in [1.29, 1.82) is 0 Å². The topological polar surface area (TPSA) is 21.3 Å². The second-order valence-electron chi connectivity index (χ2n) is 4.51. The van der Waals surface area contributed by atoms with E-state index in [9.17, 15) is 8.78 Å². The highest BCUT2D eigenvalue weighted by atomic mass is 19.1. The molecule has 0 amide bonds. The number of rotatable bonds is 4. The van der Waals surface area contributed by atoms with Gasteiger partial charge in [-0.15, -0.1) is 0 Å². The van der Waals surface area contributed by atoms with Crippen LogP contribution in [-0.2, 0) is 11.3 Å². The van der Waals surface area contributed by atoms with Gasteiger partial charge in [-0.2, -0.15) is 0 Å². The first kappa shape index (κ1) is 12.5. The molecule has 1 aliphatic heterocycles. The summed E-state index contributed by atoms with van der Waals surface area (Å²) in [5.74, 6) is -0.590. The van der Waals surface area contributed by atoms with E-state index in [-0.39, 0.29) is 6.61 Å². The van der Waals surface area contributed by atoms with Gasteiger partial charge in [-0.3, -0.25) is 0 Å². The van der Waals surface area contributed by atoms with Gasteiger partial charge in [0.25, 0.3) is 0 Å². The number of ether oxygens (including phenoxy) is 1. The molecule has 1 aromatic carbocycles. The molecule has 1 N–H and O–H groups in total. The molecule has 4 heteroatoms. The van der Waals surface area contributed by atoms with Crippen LogP contribution in [-0.4, -0.2) is 19.7 Å². The van der Waals surface area contributed by atoms with Crippen molar-refractivity contribution in [1.82, 2.24) is 5.32 Å². The minimum atomic E-state index is -0.553. The Hall–Kier alpha value is -1.00. The molecule has 0 radical (unpaired) electrons. The van der Waals surface area contributed by atoms with Gasteiger partial charge in [-0.25, -0.2) is 8.78 Å². The second kappa shape index (κ2) is 6.07. The Morgan fingerprint density at radius 3 is 2.65 bits per heavy atom. The number of nitrogens with one attached hydrogen (secondary N) is 1. The fraction of sp³-hybridized carbons (Fsp3) is 0.538. The third-order valence-corrected chi connectivity index (χ3v) is 2.94. The summed E-state index contributed by atoms with van der Waals surface area (Å²) in [5.41, 5.74) is 0.547. The first-order valence-corrected chi connectivity index (χ1v) is 5.97. The zero-order valence-electron chi connectivity index (χ0n) is 9.72. The molecule has 1 aliphatic rings. The molecule has 0 saturated carbocycles. The second-order valence-corrected chi connectivity index (χ2v) is 4.51. The van der Waals surface area contributed by atoms with Gasteiger partial charge in [0.1, 0.15) is 11.6 Å². The molecular formula is C13H17F2NO. The molecule has 1 saturated heterocycles. The molecule has 0 spiro atoms. The van der Waals surface area contributed by atoms with E-state index < -0.39 is 11.6 Å². The van der Waals surface area contributed by atoms with Crippen LogP contribution < -0.4 is 5.32 Å². The van der Waals surface area contributed by atoms with Gasteiger partial charge < -0.3 is 10.1 Å². The fourth-order valence-corrected chi connectivity index (χ4v) is 2.10. The van der Waals surface area contributed by atoms with Gasteiger partial charge in [-0.05, 0) is 43.0 Å². The molecule has 1 unspecified atom stereocenters. The van der Waals surface area contributed by atoms with E-state index >= 15 is 0 Å². The Bertz CT molecular complexity index is 344. The molecule has 2 rings (SSSR count). The maximum Gasteiger partial charge on any atom is 0.126 e. The minimum Gasteiger partial charge on any atom is -0.376 e. The monoisotopic (exact) mass is 241 g/mol. The first-order valence-electron chi connectivity index (χ1n) is 5.97. The normalized spacial score (nSPS) is 20.5. The molecule has 2 nitrogen and oxygen atoms in total. The molecule has 1 heterocycles. The van der Waals surface area contributed by atoms with Crippen LogP contribution in [0, 0.1) is 17.6 Å². The molecular weight excluding hydrogens is 224 g/mol. The lowest BCUT2D eigenvalue weighted by Gasteiger charge is -2.22. The lowest BCUT2D eigenvalue weighted by atomic mass is 10.0. The van der Waals surface area contributed by atoms with Crippen LogP contribution in [0.4, 0.5) is 8.78 Å². The highest BCUT2D eigenvalue weighted by Crippen LogP contribution is 2.13. The summed E-state index contributed by atoms with van der Waals surface area (Å²) in [7, 11) is 0. The standard InChI is InChI=1S/C13H17F2NO/c14-12-4-11(5-13(15)6-12)9-17-8-10-2-1-3-16-7-10/h4-6,10,16H,1-3,7-9H2. The minimum absolute atomic E-state index is 0.269. The van der Waals surface area contributed by atoms with E-state index in [0.717, 1.165) is 25.6 Å². The summed E-state index contributed by atoms with van der Waals surface area (Å²) in [6.07, 6.45) is 2.33. The van der Waals surface area contributed by atoms with Crippen LogP contribution in [0.2, 0.25) is 0 Å². The predicted molar refractivity (Wildman–Crippen MR) is 61.6 cm³/mol. The Morgan fingerprint density at radius 2 is 2.00 bits per heavy atom. The third-order valence-electron chi connectivity index (χ3n) is 2.94. The van der Waals surface area contributed by atoms with Crippen molar-refractivity contribution in [3.8, 4) is 0 Å². The number of hydrogen-bond donors (Lipinski definition) is 1. The molecule has 0 aromatic heterocycles. The molecule has 1 atom stereocenters. The number of benzene rings is 1. The van der Waals surface area contributed by atoms with E-state index in [1.54, 1.807) is 0 Å². The zero-order valence-corrected chi connectivity index (χ0v) is 9.72. The number of halogens is 2. The summed E-state index contributed by atoms with van der Waals surface area (Å²) in [5, 5.41) is 3.30. The summed E-state index contributed by atoms with van der Waals surface area (Å²) in [6, 6.07) is 3.49. The summed E-state index contributed by atoms with van der Waals surface area (Å²) >= 11 is 0. The number of piperidine rings is 1. The van der Waals surface area contributed by atoms with Crippen LogP contribution >= 0.6 is 0 Å². The Kier molecular flexibility index (Phi) is 4.45. The average Bonchev–Trinajstić information content (AvgIpc) is 2.29. The Balaban J connectivity index is 1.77. The molecule has 94 valence electrons. The Morgan fingerprint density at radius 1 is 1.24 bits per heavy atom. The largest absolute Gasteiger partial charge is 0.376 e. The van der Waals surface area contributed by atoms with Gasteiger partial charge in [0.05, 0.1) is 13.2 Å². The average molecular weight is 241 g/mol. The van der Waals surface area contributed by atoms with Crippen molar-refractivity contribution in [3.05, 3.63) is 35.4 Å². The van der Waals surface area contributed by atoms with Crippen molar-refractivity contribution >= 4 is 0 Å². The van der Waals surface area contributed by atoms with Crippen LogP contribution in [0.1, 0.15) is 18.4 Å². The zero-order chi connectivity index (χ0) is 12.1. The quantitative estimate of drug-likeness (QED) is 0.874. The first-order chi connectivity index (χ1) is 8.24. The van der Waals surface area contributed by atoms with Crippen molar-refractivity contribution < 1.29 is 13.5 Å². The van der Waals surface area contributed by atoms with E-state index in [1.807, 2.05) is 0 Å². The van der Waals surface area contributed by atoms with Crippen LogP contribution in [0.3, 0.4) is 0 Å². The lowest BCUT2D eigenvalue weighted by molar-refractivity contribution is 0.0780. The van der Waals surface area contributed by atoms with Crippen molar-refractivity contribution in [2.24, 2.45) is 5.92 Å². The highest BCUT2D eigenvalue weighted by molar-refractivity contribution is 5.16. The van der Waals surface area contributed by atoms with Crippen molar-refractivity contribution in [3.63, 3.8) is 0 Å². The van der Waals surface area contributed by atoms with E-state index in [4.69, 9.17) is 4.74 Å². The summed E-state index contributed by atoms with van der Waals surface area (Å²) in [4.78, 5) is 0. The number of hydrogen-bond acceptors (Lipinski definition) is 2. The fourth-order valence-electron chi connectivity index (χ4n) is 2.10. The molecule has 1 aromatic rings. The smallest absolute Gasteiger partial charge is 0.126 e. The van der Waals surface area contributed by atoms with E-state index in [1.165, 1.54) is 18.6 Å². The van der Waals surface area contributed by atoms with Gasteiger partial charge in [0.15, 0.2) is 0 Å². The third kappa shape index (κ3) is 4.06. The molecule has 1 fully saturated rings. The van der Waals surface area contributed by atoms with Crippen molar-refractivity contribution in [2.45, 2.75) is 19.4 Å².